The van der Waals surface area contributed by atoms with E-state index in [9.17, 15) is 21.6 Å². The Labute approximate surface area is 136 Å². The quantitative estimate of drug-likeness (QED) is 0.843. The number of rotatable bonds is 4. The van der Waals surface area contributed by atoms with Crippen LogP contribution < -0.4 is 4.74 Å². The molecular weight excluding hydrogens is 345 g/mol. The molecule has 0 aliphatic carbocycles. The molecule has 0 spiro atoms. The van der Waals surface area contributed by atoms with Crippen molar-refractivity contribution < 1.29 is 26.3 Å². The number of hydrogen-bond donors (Lipinski definition) is 0. The highest BCUT2D eigenvalue weighted by Gasteiger charge is 2.38. The van der Waals surface area contributed by atoms with E-state index in [0.29, 0.717) is 5.75 Å². The summed E-state index contributed by atoms with van der Waals surface area (Å²) in [7, 11) is -3.82. The van der Waals surface area contributed by atoms with E-state index < -0.39 is 21.8 Å². The van der Waals surface area contributed by atoms with Crippen molar-refractivity contribution >= 4 is 10.0 Å². The van der Waals surface area contributed by atoms with Gasteiger partial charge >= 0.3 is 6.18 Å². The minimum absolute atomic E-state index is 0.145. The van der Waals surface area contributed by atoms with Gasteiger partial charge in [0, 0.05) is 12.4 Å². The van der Waals surface area contributed by atoms with E-state index in [0.717, 1.165) is 24.3 Å². The van der Waals surface area contributed by atoms with Crippen LogP contribution in [0.1, 0.15) is 5.56 Å². The fourth-order valence-electron chi connectivity index (χ4n) is 2.25. The van der Waals surface area contributed by atoms with Gasteiger partial charge in [0.15, 0.2) is 0 Å². The van der Waals surface area contributed by atoms with Gasteiger partial charge in [-0.1, -0.05) is 0 Å². The third kappa shape index (κ3) is 3.36. The molecule has 1 saturated heterocycles. The number of ether oxygens (including phenoxy) is 1. The summed E-state index contributed by atoms with van der Waals surface area (Å²) in [6, 6.07) is 6.78. The third-order valence-corrected chi connectivity index (χ3v) is 5.43. The van der Waals surface area contributed by atoms with Crippen LogP contribution in [0.5, 0.6) is 5.75 Å². The van der Waals surface area contributed by atoms with Crippen LogP contribution in [0.3, 0.4) is 0 Å². The Morgan fingerprint density at radius 3 is 2.17 bits per heavy atom. The van der Waals surface area contributed by atoms with Gasteiger partial charge in [-0.15, -0.1) is 0 Å². The lowest BCUT2D eigenvalue weighted by Crippen LogP contribution is -2.55. The lowest BCUT2D eigenvalue weighted by Gasteiger charge is -2.37. The number of hydrogen-bond acceptors (Lipinski definition) is 4. The Balaban J connectivity index is 1.65. The summed E-state index contributed by atoms with van der Waals surface area (Å²) in [6.45, 7) is 0.289. The molecule has 1 aliphatic heterocycles. The SMILES string of the molecule is O=S(=O)(c1ccc(C(F)(F)F)cc1)N1CC(Oc2ccncc2)C1. The standard InChI is InChI=1S/C15H13F3N2O3S/c16-15(17,18)11-1-3-14(4-2-11)24(21,22)20-9-13(10-20)23-12-5-7-19-8-6-12/h1-8,13H,9-10H2. The first kappa shape index (κ1) is 16.7. The van der Waals surface area contributed by atoms with Gasteiger partial charge in [0.1, 0.15) is 11.9 Å². The van der Waals surface area contributed by atoms with Crippen LogP contribution in [-0.2, 0) is 16.2 Å². The highest BCUT2D eigenvalue weighted by Crippen LogP contribution is 2.31. The van der Waals surface area contributed by atoms with E-state index in [-0.39, 0.29) is 24.1 Å². The molecule has 1 aromatic carbocycles. The Morgan fingerprint density at radius 1 is 1.04 bits per heavy atom. The van der Waals surface area contributed by atoms with Crippen molar-refractivity contribution in [2.45, 2.75) is 17.2 Å². The summed E-state index contributed by atoms with van der Waals surface area (Å²) in [5, 5.41) is 0. The predicted molar refractivity (Wildman–Crippen MR) is 78.9 cm³/mol. The highest BCUT2D eigenvalue weighted by molar-refractivity contribution is 7.89. The zero-order valence-electron chi connectivity index (χ0n) is 12.3. The van der Waals surface area contributed by atoms with Crippen LogP contribution in [0.4, 0.5) is 13.2 Å². The summed E-state index contributed by atoms with van der Waals surface area (Å²) < 4.78 is 69.0. The van der Waals surface area contributed by atoms with E-state index in [2.05, 4.69) is 4.98 Å². The third-order valence-electron chi connectivity index (χ3n) is 3.59. The molecule has 2 heterocycles. The van der Waals surface area contributed by atoms with Gasteiger partial charge in [0.2, 0.25) is 10.0 Å². The number of alkyl halides is 3. The predicted octanol–water partition coefficient (Wildman–Crippen LogP) is 2.55. The molecule has 9 heteroatoms. The van der Waals surface area contributed by atoms with Crippen molar-refractivity contribution in [3.8, 4) is 5.75 Å². The van der Waals surface area contributed by atoms with Crippen LogP contribution >= 0.6 is 0 Å². The van der Waals surface area contributed by atoms with Crippen LogP contribution in [-0.4, -0.2) is 36.9 Å². The van der Waals surface area contributed by atoms with Crippen molar-refractivity contribution in [1.82, 2.24) is 9.29 Å². The molecule has 0 atom stereocenters. The molecule has 1 fully saturated rings. The molecule has 0 N–H and O–H groups in total. The van der Waals surface area contributed by atoms with Crippen molar-refractivity contribution in [3.05, 3.63) is 54.4 Å². The zero-order valence-corrected chi connectivity index (χ0v) is 13.1. The molecular formula is C15H13F3N2O3S. The first-order chi connectivity index (χ1) is 11.3. The van der Waals surface area contributed by atoms with Gasteiger partial charge in [-0.25, -0.2) is 8.42 Å². The van der Waals surface area contributed by atoms with Crippen LogP contribution in [0, 0.1) is 0 Å². The van der Waals surface area contributed by atoms with E-state index in [1.807, 2.05) is 0 Å². The molecule has 24 heavy (non-hydrogen) atoms. The molecule has 2 aromatic rings. The molecule has 1 aromatic heterocycles. The fourth-order valence-corrected chi connectivity index (χ4v) is 3.75. The summed E-state index contributed by atoms with van der Waals surface area (Å²) in [6.07, 6.45) is -1.67. The van der Waals surface area contributed by atoms with Gasteiger partial charge in [0.25, 0.3) is 0 Å². The van der Waals surface area contributed by atoms with E-state index in [1.54, 1.807) is 24.5 Å². The Kier molecular flexibility index (Phi) is 4.22. The number of halogens is 3. The molecule has 0 amide bonds. The first-order valence-electron chi connectivity index (χ1n) is 7.01. The number of benzene rings is 1. The summed E-state index contributed by atoms with van der Waals surface area (Å²) in [5.74, 6) is 0.585. The van der Waals surface area contributed by atoms with Gasteiger partial charge in [0.05, 0.1) is 23.5 Å². The average molecular weight is 358 g/mol. The lowest BCUT2D eigenvalue weighted by atomic mass is 10.2. The normalized spacial score (nSPS) is 16.6. The molecule has 1 aliphatic rings. The summed E-state index contributed by atoms with van der Waals surface area (Å²) in [4.78, 5) is 3.68. The number of pyridine rings is 1. The topological polar surface area (TPSA) is 59.5 Å². The Hall–Kier alpha value is -2.13. The first-order valence-corrected chi connectivity index (χ1v) is 8.45. The minimum atomic E-state index is -4.50. The van der Waals surface area contributed by atoms with Crippen molar-refractivity contribution in [2.24, 2.45) is 0 Å². The molecule has 0 radical (unpaired) electrons. The zero-order chi connectivity index (χ0) is 17.4. The number of sulfonamides is 1. The second-order valence-electron chi connectivity index (χ2n) is 5.27. The monoisotopic (exact) mass is 358 g/mol. The Morgan fingerprint density at radius 2 is 1.62 bits per heavy atom. The largest absolute Gasteiger partial charge is 0.488 e. The molecule has 128 valence electrons. The molecule has 0 saturated carbocycles. The number of nitrogens with zero attached hydrogens (tertiary/aromatic N) is 2. The van der Waals surface area contributed by atoms with Crippen LogP contribution in [0.25, 0.3) is 0 Å². The molecule has 0 bridgehead atoms. The van der Waals surface area contributed by atoms with Crippen molar-refractivity contribution in [3.63, 3.8) is 0 Å². The maximum atomic E-state index is 12.5. The second-order valence-corrected chi connectivity index (χ2v) is 7.20. The Bertz CT molecular complexity index is 802. The highest BCUT2D eigenvalue weighted by atomic mass is 32.2. The molecule has 3 rings (SSSR count). The van der Waals surface area contributed by atoms with Gasteiger partial charge in [-0.05, 0) is 36.4 Å². The maximum absolute atomic E-state index is 12.5. The summed E-state index contributed by atoms with van der Waals surface area (Å²) in [5.41, 5.74) is -0.885. The minimum Gasteiger partial charge on any atom is -0.488 e. The molecule has 0 unspecified atom stereocenters. The van der Waals surface area contributed by atoms with Crippen molar-refractivity contribution in [2.75, 3.05) is 13.1 Å². The maximum Gasteiger partial charge on any atom is 0.416 e. The van der Waals surface area contributed by atoms with Crippen LogP contribution in [0.2, 0.25) is 0 Å². The van der Waals surface area contributed by atoms with E-state index >= 15 is 0 Å². The van der Waals surface area contributed by atoms with Crippen LogP contribution in [0.15, 0.2) is 53.7 Å². The van der Waals surface area contributed by atoms with Gasteiger partial charge in [-0.2, -0.15) is 17.5 Å². The molecule has 5 nitrogen and oxygen atoms in total. The summed E-state index contributed by atoms with van der Waals surface area (Å²) >= 11 is 0. The van der Waals surface area contributed by atoms with Gasteiger partial charge in [-0.3, -0.25) is 4.98 Å². The van der Waals surface area contributed by atoms with Gasteiger partial charge < -0.3 is 4.74 Å². The second kappa shape index (κ2) is 6.06. The number of aromatic nitrogens is 1. The lowest BCUT2D eigenvalue weighted by molar-refractivity contribution is -0.137. The average Bonchev–Trinajstić information content (AvgIpc) is 2.50. The smallest absolute Gasteiger partial charge is 0.416 e. The van der Waals surface area contributed by atoms with Crippen molar-refractivity contribution in [1.29, 1.82) is 0 Å². The fraction of sp³-hybridized carbons (Fsp3) is 0.267. The van der Waals surface area contributed by atoms with E-state index in [1.165, 1.54) is 4.31 Å². The van der Waals surface area contributed by atoms with E-state index in [4.69, 9.17) is 4.74 Å².